The van der Waals surface area contributed by atoms with E-state index in [1.54, 1.807) is 18.7 Å². The highest BCUT2D eigenvalue weighted by atomic mass is 32.2. The first-order valence-electron chi connectivity index (χ1n) is 4.81. The minimum atomic E-state index is -0.263. The molecule has 5 heteroatoms. The van der Waals surface area contributed by atoms with Crippen LogP contribution in [0.2, 0.25) is 0 Å². The molecule has 80 valence electrons. The zero-order valence-electron chi connectivity index (χ0n) is 8.58. The lowest BCUT2D eigenvalue weighted by Gasteiger charge is -2.21. The van der Waals surface area contributed by atoms with Crippen molar-refractivity contribution in [2.45, 2.75) is 26.3 Å². The Morgan fingerprint density at radius 3 is 3.21 bits per heavy atom. The molecule has 1 aliphatic heterocycles. The second kappa shape index (κ2) is 5.90. The van der Waals surface area contributed by atoms with Crippen LogP contribution in [0, 0.1) is 0 Å². The van der Waals surface area contributed by atoms with Gasteiger partial charge in [-0.3, -0.25) is 9.79 Å². The largest absolute Gasteiger partial charge is 0.465 e. The molecule has 1 aliphatic rings. The van der Waals surface area contributed by atoms with E-state index in [0.29, 0.717) is 12.6 Å². The van der Waals surface area contributed by atoms with E-state index >= 15 is 0 Å². The van der Waals surface area contributed by atoms with Gasteiger partial charge in [-0.05, 0) is 20.3 Å². The number of amidine groups is 1. The third kappa shape index (κ3) is 4.00. The summed E-state index contributed by atoms with van der Waals surface area (Å²) in [6, 6.07) is 0.456. The van der Waals surface area contributed by atoms with Crippen LogP contribution in [-0.2, 0) is 9.53 Å². The van der Waals surface area contributed by atoms with E-state index in [-0.39, 0.29) is 12.5 Å². The predicted octanol–water partition coefficient (Wildman–Crippen LogP) is 1.02. The van der Waals surface area contributed by atoms with Gasteiger partial charge in [-0.1, -0.05) is 11.8 Å². The Kier molecular flexibility index (Phi) is 4.79. The summed E-state index contributed by atoms with van der Waals surface area (Å²) in [6.45, 7) is 4.44. The standard InChI is InChI=1S/C9H16N2O2S/c1-3-13-8(12)6-10-9-11-7(2)4-5-14-9/h7H,3-6H2,1-2H3,(H,10,11). The minimum Gasteiger partial charge on any atom is -0.465 e. The fraction of sp³-hybridized carbons (Fsp3) is 0.778. The minimum absolute atomic E-state index is 0.121. The fourth-order valence-electron chi connectivity index (χ4n) is 1.09. The van der Waals surface area contributed by atoms with Crippen molar-refractivity contribution in [2.24, 2.45) is 4.99 Å². The van der Waals surface area contributed by atoms with Gasteiger partial charge in [0.25, 0.3) is 0 Å². The maximum absolute atomic E-state index is 11.0. The third-order valence-corrected chi connectivity index (χ3v) is 2.78. The summed E-state index contributed by atoms with van der Waals surface area (Å²) in [5.41, 5.74) is 0. The van der Waals surface area contributed by atoms with E-state index in [0.717, 1.165) is 17.3 Å². The van der Waals surface area contributed by atoms with Crippen molar-refractivity contribution in [3.8, 4) is 0 Å². The first kappa shape index (κ1) is 11.4. The summed E-state index contributed by atoms with van der Waals surface area (Å²) < 4.78 is 4.78. The van der Waals surface area contributed by atoms with E-state index in [9.17, 15) is 4.79 Å². The van der Waals surface area contributed by atoms with Gasteiger partial charge in [-0.25, -0.2) is 0 Å². The number of nitrogens with one attached hydrogen (secondary N) is 1. The number of carbonyl (C=O) groups is 1. The SMILES string of the molecule is CCOC(=O)CN=C1NC(C)CCS1. The molecule has 0 aliphatic carbocycles. The van der Waals surface area contributed by atoms with Crippen LogP contribution < -0.4 is 5.32 Å². The lowest BCUT2D eigenvalue weighted by molar-refractivity contribution is -0.141. The number of ether oxygens (including phenoxy) is 1. The summed E-state index contributed by atoms with van der Waals surface area (Å²) in [7, 11) is 0. The van der Waals surface area contributed by atoms with Gasteiger partial charge in [0, 0.05) is 11.8 Å². The molecular weight excluding hydrogens is 200 g/mol. The van der Waals surface area contributed by atoms with E-state index in [1.807, 2.05) is 0 Å². The van der Waals surface area contributed by atoms with Gasteiger partial charge in [0.15, 0.2) is 5.17 Å². The highest BCUT2D eigenvalue weighted by Gasteiger charge is 2.13. The number of hydrogen-bond donors (Lipinski definition) is 1. The van der Waals surface area contributed by atoms with Crippen molar-refractivity contribution in [2.75, 3.05) is 18.9 Å². The van der Waals surface area contributed by atoms with Crippen LogP contribution in [0.15, 0.2) is 4.99 Å². The van der Waals surface area contributed by atoms with Crippen molar-refractivity contribution >= 4 is 22.9 Å². The van der Waals surface area contributed by atoms with Crippen molar-refractivity contribution in [3.63, 3.8) is 0 Å². The molecule has 0 amide bonds. The van der Waals surface area contributed by atoms with E-state index in [2.05, 4.69) is 17.2 Å². The maximum atomic E-state index is 11.0. The second-order valence-corrected chi connectivity index (χ2v) is 4.19. The summed E-state index contributed by atoms with van der Waals surface area (Å²) in [4.78, 5) is 15.1. The number of esters is 1. The van der Waals surface area contributed by atoms with Crippen LogP contribution in [0.5, 0.6) is 0 Å². The second-order valence-electron chi connectivity index (χ2n) is 3.11. The summed E-state index contributed by atoms with van der Waals surface area (Å²) in [5, 5.41) is 4.08. The summed E-state index contributed by atoms with van der Waals surface area (Å²) in [5.74, 6) is 0.802. The fourth-order valence-corrected chi connectivity index (χ4v) is 2.20. The molecule has 1 rings (SSSR count). The molecule has 0 aromatic carbocycles. The van der Waals surface area contributed by atoms with E-state index in [4.69, 9.17) is 4.74 Å². The highest BCUT2D eigenvalue weighted by molar-refractivity contribution is 8.13. The van der Waals surface area contributed by atoms with Gasteiger partial charge in [0.05, 0.1) is 6.61 Å². The van der Waals surface area contributed by atoms with Gasteiger partial charge in [0.2, 0.25) is 0 Å². The lowest BCUT2D eigenvalue weighted by atomic mass is 10.3. The zero-order valence-corrected chi connectivity index (χ0v) is 9.39. The van der Waals surface area contributed by atoms with E-state index in [1.165, 1.54) is 0 Å². The molecule has 1 N–H and O–H groups in total. The Morgan fingerprint density at radius 2 is 2.57 bits per heavy atom. The number of hydrogen-bond acceptors (Lipinski definition) is 4. The molecule has 1 heterocycles. The normalized spacial score (nSPS) is 24.4. The summed E-state index contributed by atoms with van der Waals surface area (Å²) >= 11 is 1.66. The average Bonchev–Trinajstić information content (AvgIpc) is 2.15. The average molecular weight is 216 g/mol. The third-order valence-electron chi connectivity index (χ3n) is 1.82. The molecule has 1 fully saturated rings. The maximum Gasteiger partial charge on any atom is 0.327 e. The molecule has 1 atom stereocenters. The molecule has 4 nitrogen and oxygen atoms in total. The van der Waals surface area contributed by atoms with Gasteiger partial charge in [0.1, 0.15) is 6.54 Å². The van der Waals surface area contributed by atoms with Gasteiger partial charge in [-0.2, -0.15) is 0 Å². The molecule has 0 spiro atoms. The number of rotatable bonds is 3. The van der Waals surface area contributed by atoms with Crippen molar-refractivity contribution < 1.29 is 9.53 Å². The highest BCUT2D eigenvalue weighted by Crippen LogP contribution is 2.13. The van der Waals surface area contributed by atoms with Crippen LogP contribution in [0.25, 0.3) is 0 Å². The molecule has 0 aromatic rings. The van der Waals surface area contributed by atoms with E-state index < -0.39 is 0 Å². The van der Waals surface area contributed by atoms with Crippen molar-refractivity contribution in [1.82, 2.24) is 5.32 Å². The Hall–Kier alpha value is -0.710. The van der Waals surface area contributed by atoms with Crippen molar-refractivity contribution in [1.29, 1.82) is 0 Å². The van der Waals surface area contributed by atoms with Gasteiger partial charge < -0.3 is 10.1 Å². The van der Waals surface area contributed by atoms with Crippen LogP contribution >= 0.6 is 11.8 Å². The number of carbonyl (C=O) groups excluding carboxylic acids is 1. The Bertz CT molecular complexity index is 231. The molecule has 14 heavy (non-hydrogen) atoms. The Morgan fingerprint density at radius 1 is 1.79 bits per heavy atom. The van der Waals surface area contributed by atoms with Crippen molar-refractivity contribution in [3.05, 3.63) is 0 Å². The Balaban J connectivity index is 2.32. The van der Waals surface area contributed by atoms with Crippen LogP contribution in [-0.4, -0.2) is 36.1 Å². The monoisotopic (exact) mass is 216 g/mol. The number of aliphatic imine (C=N–C) groups is 1. The lowest BCUT2D eigenvalue weighted by Crippen LogP contribution is -2.35. The Labute approximate surface area is 88.5 Å². The molecule has 0 aromatic heterocycles. The predicted molar refractivity (Wildman–Crippen MR) is 58.6 cm³/mol. The molecule has 0 saturated carbocycles. The smallest absolute Gasteiger partial charge is 0.327 e. The quantitative estimate of drug-likeness (QED) is 0.716. The first-order chi connectivity index (χ1) is 6.72. The summed E-state index contributed by atoms with van der Waals surface area (Å²) in [6.07, 6.45) is 1.14. The molecular formula is C9H16N2O2S. The van der Waals surface area contributed by atoms with Crippen LogP contribution in [0.3, 0.4) is 0 Å². The number of thioether (sulfide) groups is 1. The van der Waals surface area contributed by atoms with Gasteiger partial charge in [-0.15, -0.1) is 0 Å². The molecule has 0 radical (unpaired) electrons. The first-order valence-corrected chi connectivity index (χ1v) is 5.80. The molecule has 1 saturated heterocycles. The number of nitrogens with zero attached hydrogens (tertiary/aromatic N) is 1. The zero-order chi connectivity index (χ0) is 10.4. The van der Waals surface area contributed by atoms with Crippen LogP contribution in [0.1, 0.15) is 20.3 Å². The molecule has 0 bridgehead atoms. The molecule has 1 unspecified atom stereocenters. The van der Waals surface area contributed by atoms with Crippen LogP contribution in [0.4, 0.5) is 0 Å². The topological polar surface area (TPSA) is 50.7 Å². The van der Waals surface area contributed by atoms with Gasteiger partial charge >= 0.3 is 5.97 Å².